The number of hydrogen-bond acceptors (Lipinski definition) is 5. The van der Waals surface area contributed by atoms with E-state index in [1.54, 1.807) is 17.9 Å². The Morgan fingerprint density at radius 3 is 2.61 bits per heavy atom. The van der Waals surface area contributed by atoms with Crippen molar-refractivity contribution in [1.29, 1.82) is 0 Å². The molecule has 6 heteroatoms. The highest BCUT2D eigenvalue weighted by molar-refractivity contribution is 7.10. The molecule has 152 valence electrons. The predicted octanol–water partition coefficient (Wildman–Crippen LogP) is 3.92. The fourth-order valence-electron chi connectivity index (χ4n) is 3.40. The normalized spacial score (nSPS) is 13.3. The lowest BCUT2D eigenvalue weighted by Gasteiger charge is -2.05. The molecular weight excluding hydrogens is 406 g/mol. The van der Waals surface area contributed by atoms with Crippen LogP contribution in [-0.2, 0) is 0 Å². The molecule has 5 rings (SSSR count). The van der Waals surface area contributed by atoms with E-state index in [2.05, 4.69) is 11.1 Å². The number of rotatable bonds is 4. The maximum Gasteiger partial charge on any atom is 0.215 e. The number of aromatic hydroxyl groups is 1. The number of hydrogen-bond donors (Lipinski definition) is 1. The van der Waals surface area contributed by atoms with Gasteiger partial charge in [-0.2, -0.15) is 0 Å². The summed E-state index contributed by atoms with van der Waals surface area (Å²) in [6.45, 7) is 0. The predicted molar refractivity (Wildman–Crippen MR) is 123 cm³/mol. The van der Waals surface area contributed by atoms with Crippen LogP contribution in [0.5, 0.6) is 11.6 Å². The zero-order chi connectivity index (χ0) is 21.2. The highest BCUT2D eigenvalue weighted by Crippen LogP contribution is 2.26. The topological polar surface area (TPSA) is 59.1 Å². The number of fused-ring (bicyclic) bond motifs is 1. The minimum absolute atomic E-state index is 0.157. The average molecular weight is 426 g/mol. The van der Waals surface area contributed by atoms with Gasteiger partial charge in [0.1, 0.15) is 5.75 Å². The van der Waals surface area contributed by atoms with E-state index in [0.717, 1.165) is 38.1 Å². The first kappa shape index (κ1) is 19.1. The SMILES string of the molecule is COc1ccc(N=c2sc(C=c3ccc4c(c3)C=CN=4)c(O)n2-c2ccccc2)cc1. The van der Waals surface area contributed by atoms with E-state index in [0.29, 0.717) is 4.80 Å². The quantitative estimate of drug-likeness (QED) is 0.539. The van der Waals surface area contributed by atoms with Crippen molar-refractivity contribution in [1.82, 2.24) is 4.57 Å². The summed E-state index contributed by atoms with van der Waals surface area (Å²) in [5.74, 6) is 0.930. The van der Waals surface area contributed by atoms with Crippen LogP contribution in [0.4, 0.5) is 5.69 Å². The number of aromatic nitrogens is 1. The lowest BCUT2D eigenvalue weighted by atomic mass is 10.2. The number of benzene rings is 3. The molecule has 0 unspecified atom stereocenters. The molecule has 2 heterocycles. The maximum atomic E-state index is 11.1. The summed E-state index contributed by atoms with van der Waals surface area (Å²) >= 11 is 1.43. The molecule has 0 aliphatic carbocycles. The van der Waals surface area contributed by atoms with E-state index in [4.69, 9.17) is 9.73 Å². The largest absolute Gasteiger partial charge is 0.497 e. The van der Waals surface area contributed by atoms with E-state index in [-0.39, 0.29) is 5.88 Å². The van der Waals surface area contributed by atoms with E-state index < -0.39 is 0 Å². The van der Waals surface area contributed by atoms with Crippen LogP contribution < -0.4 is 20.1 Å². The second-order valence-corrected chi connectivity index (χ2v) is 7.97. The molecule has 31 heavy (non-hydrogen) atoms. The van der Waals surface area contributed by atoms with Crippen LogP contribution in [0.25, 0.3) is 17.8 Å². The van der Waals surface area contributed by atoms with Crippen molar-refractivity contribution in [3.8, 4) is 17.3 Å². The van der Waals surface area contributed by atoms with Crippen molar-refractivity contribution in [3.63, 3.8) is 0 Å². The van der Waals surface area contributed by atoms with E-state index in [1.165, 1.54) is 11.3 Å². The third kappa shape index (κ3) is 3.81. The fraction of sp³-hybridized carbons (Fsp3) is 0.0400. The molecular formula is C25H19N3O2S. The second kappa shape index (κ2) is 8.08. The van der Waals surface area contributed by atoms with Crippen molar-refractivity contribution in [2.24, 2.45) is 9.98 Å². The van der Waals surface area contributed by atoms with Crippen LogP contribution in [0.3, 0.4) is 0 Å². The lowest BCUT2D eigenvalue weighted by molar-refractivity contribution is 0.415. The van der Waals surface area contributed by atoms with Gasteiger partial charge in [0.25, 0.3) is 0 Å². The van der Waals surface area contributed by atoms with Crippen LogP contribution >= 0.6 is 11.3 Å². The first-order valence-corrected chi connectivity index (χ1v) is 10.6. The maximum absolute atomic E-state index is 11.1. The van der Waals surface area contributed by atoms with E-state index in [9.17, 15) is 5.11 Å². The zero-order valence-corrected chi connectivity index (χ0v) is 17.6. The Morgan fingerprint density at radius 2 is 1.84 bits per heavy atom. The summed E-state index contributed by atoms with van der Waals surface area (Å²) < 4.78 is 7.00. The fourth-order valence-corrected chi connectivity index (χ4v) is 4.41. The zero-order valence-electron chi connectivity index (χ0n) is 16.8. The van der Waals surface area contributed by atoms with Crippen molar-refractivity contribution in [2.75, 3.05) is 7.11 Å². The second-order valence-electron chi connectivity index (χ2n) is 6.96. The molecule has 1 aromatic heterocycles. The molecule has 0 spiro atoms. The van der Waals surface area contributed by atoms with Crippen molar-refractivity contribution in [2.45, 2.75) is 0 Å². The number of nitrogens with zero attached hydrogens (tertiary/aromatic N) is 3. The molecule has 0 radical (unpaired) electrons. The number of methoxy groups -OCH3 is 1. The first-order chi connectivity index (χ1) is 15.2. The Balaban J connectivity index is 1.69. The molecule has 0 saturated heterocycles. The standard InChI is InChI=1S/C25H19N3O2S/c1-30-21-10-8-19(9-11-21)27-25-28(20-5-3-2-4-6-20)24(29)23(31-25)16-17-7-12-22-18(15-17)13-14-26-22/h2-16,29H,1H3. The summed E-state index contributed by atoms with van der Waals surface area (Å²) in [4.78, 5) is 10.5. The van der Waals surface area contributed by atoms with E-state index >= 15 is 0 Å². The van der Waals surface area contributed by atoms with Gasteiger partial charge in [0.05, 0.1) is 28.7 Å². The molecule has 0 saturated carbocycles. The molecule has 1 N–H and O–H groups in total. The van der Waals surface area contributed by atoms with Gasteiger partial charge in [-0.15, -0.1) is 0 Å². The van der Waals surface area contributed by atoms with Crippen LogP contribution in [0.1, 0.15) is 10.4 Å². The molecule has 1 aliphatic heterocycles. The van der Waals surface area contributed by atoms with Crippen LogP contribution in [0.2, 0.25) is 0 Å². The average Bonchev–Trinajstić information content (AvgIpc) is 3.39. The molecule has 5 nitrogen and oxygen atoms in total. The van der Waals surface area contributed by atoms with E-state index in [1.807, 2.05) is 78.9 Å². The Bertz CT molecular complexity index is 1460. The summed E-state index contributed by atoms with van der Waals surface area (Å²) in [5, 5.41) is 13.1. The van der Waals surface area contributed by atoms with Crippen molar-refractivity contribution < 1.29 is 9.84 Å². The monoisotopic (exact) mass is 425 g/mol. The molecule has 3 aromatic carbocycles. The molecule has 0 amide bonds. The van der Waals surface area contributed by atoms with Crippen molar-refractivity contribution >= 4 is 29.2 Å². The third-order valence-electron chi connectivity index (χ3n) is 4.95. The van der Waals surface area contributed by atoms with Crippen molar-refractivity contribution in [3.05, 3.63) is 105 Å². The minimum atomic E-state index is 0.157. The van der Waals surface area contributed by atoms with Gasteiger partial charge in [-0.3, -0.25) is 9.56 Å². The summed E-state index contributed by atoms with van der Waals surface area (Å²) in [7, 11) is 1.64. The van der Waals surface area contributed by atoms with Gasteiger partial charge < -0.3 is 9.84 Å². The van der Waals surface area contributed by atoms with Gasteiger partial charge in [-0.25, -0.2) is 4.99 Å². The van der Waals surface area contributed by atoms with Gasteiger partial charge in [0, 0.05) is 11.8 Å². The number of ether oxygens (including phenoxy) is 1. The molecule has 0 atom stereocenters. The number of para-hydroxylation sites is 1. The van der Waals surface area contributed by atoms with Crippen LogP contribution in [-0.4, -0.2) is 16.8 Å². The van der Waals surface area contributed by atoms with Gasteiger partial charge in [0.15, 0.2) is 4.80 Å². The molecule has 1 aliphatic rings. The minimum Gasteiger partial charge on any atom is -0.497 e. The van der Waals surface area contributed by atoms with Crippen LogP contribution in [0.15, 0.2) is 89.0 Å². The van der Waals surface area contributed by atoms with Gasteiger partial charge in [0.2, 0.25) is 5.88 Å². The number of thiazole rings is 1. The molecule has 4 aromatic rings. The van der Waals surface area contributed by atoms with Crippen LogP contribution in [0, 0.1) is 0 Å². The first-order valence-electron chi connectivity index (χ1n) is 9.76. The third-order valence-corrected chi connectivity index (χ3v) is 5.93. The Kier molecular flexibility index (Phi) is 4.98. The summed E-state index contributed by atoms with van der Waals surface area (Å²) in [6, 6.07) is 23.3. The summed E-state index contributed by atoms with van der Waals surface area (Å²) in [6.07, 6.45) is 5.75. The lowest BCUT2D eigenvalue weighted by Crippen LogP contribution is -2.11. The van der Waals surface area contributed by atoms with Gasteiger partial charge >= 0.3 is 0 Å². The highest BCUT2D eigenvalue weighted by Gasteiger charge is 2.13. The Labute approximate surface area is 182 Å². The van der Waals surface area contributed by atoms with Gasteiger partial charge in [-0.05, 0) is 65.9 Å². The Morgan fingerprint density at radius 1 is 1.03 bits per heavy atom. The smallest absolute Gasteiger partial charge is 0.215 e. The highest BCUT2D eigenvalue weighted by atomic mass is 32.1. The molecule has 0 fully saturated rings. The Hall–Kier alpha value is -3.90. The summed E-state index contributed by atoms with van der Waals surface area (Å²) in [5.41, 5.74) is 2.70. The van der Waals surface area contributed by atoms with Gasteiger partial charge in [-0.1, -0.05) is 35.6 Å². The molecule has 0 bridgehead atoms.